The number of aliphatic carboxylic acids is 1. The van der Waals surface area contributed by atoms with E-state index in [0.29, 0.717) is 17.4 Å². The summed E-state index contributed by atoms with van der Waals surface area (Å²) in [5, 5.41) is 20.9. The third kappa shape index (κ3) is 21.9. The summed E-state index contributed by atoms with van der Waals surface area (Å²) >= 11 is 0. The van der Waals surface area contributed by atoms with E-state index in [0.717, 1.165) is 57.8 Å². The average molecular weight is 444 g/mol. The van der Waals surface area contributed by atoms with E-state index < -0.39 is 12.1 Å². The summed E-state index contributed by atoms with van der Waals surface area (Å²) in [6.07, 6.45) is 14.8. The molecule has 0 aliphatic rings. The van der Waals surface area contributed by atoms with Crippen molar-refractivity contribution in [1.29, 1.82) is 0 Å². The van der Waals surface area contributed by atoms with Crippen molar-refractivity contribution in [2.45, 2.75) is 122 Å². The van der Waals surface area contributed by atoms with Crippen LogP contribution in [0.15, 0.2) is 0 Å². The Hall–Kier alpha value is -1.14. The first kappa shape index (κ1) is 29.9. The van der Waals surface area contributed by atoms with Crippen LogP contribution in [-0.2, 0) is 14.3 Å². The van der Waals surface area contributed by atoms with Gasteiger partial charge in [-0.1, -0.05) is 77.6 Å². The maximum Gasteiger partial charge on any atom is 0.306 e. The highest BCUT2D eigenvalue weighted by molar-refractivity contribution is 5.70. The molecule has 0 aromatic carbocycles. The smallest absolute Gasteiger partial charge is 0.306 e. The van der Waals surface area contributed by atoms with Crippen LogP contribution in [-0.4, -0.2) is 61.4 Å². The Balaban J connectivity index is 3.67. The fraction of sp³-hybridized carbons (Fsp3) is 0.920. The molecule has 6 nitrogen and oxygen atoms in total. The summed E-state index contributed by atoms with van der Waals surface area (Å²) in [6.45, 7) is 2.67. The van der Waals surface area contributed by atoms with Gasteiger partial charge in [-0.3, -0.25) is 4.79 Å². The van der Waals surface area contributed by atoms with E-state index in [1.54, 1.807) is 0 Å². The van der Waals surface area contributed by atoms with Gasteiger partial charge in [-0.25, -0.2) is 0 Å². The van der Waals surface area contributed by atoms with E-state index in [9.17, 15) is 19.8 Å². The molecule has 0 aliphatic carbocycles. The van der Waals surface area contributed by atoms with Gasteiger partial charge in [0.1, 0.15) is 6.54 Å². The number of hydrogen-bond acceptors (Lipinski definition) is 5. The summed E-state index contributed by atoms with van der Waals surface area (Å²) < 4.78 is 5.89. The molecule has 0 saturated heterocycles. The van der Waals surface area contributed by atoms with Gasteiger partial charge in [0, 0.05) is 18.8 Å². The Morgan fingerprint density at radius 1 is 0.839 bits per heavy atom. The molecular weight excluding hydrogens is 394 g/mol. The summed E-state index contributed by atoms with van der Waals surface area (Å²) in [5.74, 6) is -1.51. The second-order valence-corrected chi connectivity index (χ2v) is 10.0. The van der Waals surface area contributed by atoms with Gasteiger partial charge in [0.15, 0.2) is 6.10 Å². The zero-order valence-electron chi connectivity index (χ0n) is 20.7. The first-order valence-electron chi connectivity index (χ1n) is 12.5. The number of carbonyl (C=O) groups excluding carboxylic acids is 2. The van der Waals surface area contributed by atoms with Gasteiger partial charge in [-0.2, -0.15) is 0 Å². The molecule has 0 aromatic rings. The lowest BCUT2D eigenvalue weighted by Gasteiger charge is -2.29. The largest absolute Gasteiger partial charge is 0.550 e. The summed E-state index contributed by atoms with van der Waals surface area (Å²) in [5.41, 5.74) is 0. The Bertz CT molecular complexity index is 461. The van der Waals surface area contributed by atoms with Crippen molar-refractivity contribution >= 4 is 11.9 Å². The van der Waals surface area contributed by atoms with Crippen molar-refractivity contribution in [3.05, 3.63) is 0 Å². The summed E-state index contributed by atoms with van der Waals surface area (Å²) in [4.78, 5) is 22.9. The van der Waals surface area contributed by atoms with Crippen LogP contribution < -0.4 is 5.11 Å². The molecule has 0 spiro atoms. The van der Waals surface area contributed by atoms with E-state index in [4.69, 9.17) is 4.74 Å². The summed E-state index contributed by atoms with van der Waals surface area (Å²) in [7, 11) is 5.80. The van der Waals surface area contributed by atoms with Crippen LogP contribution in [0.2, 0.25) is 0 Å². The van der Waals surface area contributed by atoms with E-state index in [1.165, 1.54) is 32.1 Å². The number of rotatable bonds is 21. The highest BCUT2D eigenvalue weighted by Gasteiger charge is 2.22. The number of aliphatic hydroxyl groups is 1. The second-order valence-electron chi connectivity index (χ2n) is 10.0. The second kappa shape index (κ2) is 18.4. The first-order chi connectivity index (χ1) is 14.6. The van der Waals surface area contributed by atoms with Gasteiger partial charge in [0.05, 0.1) is 27.2 Å². The number of nitrogens with zero attached hydrogens (tertiary/aromatic N) is 1. The number of ether oxygens (including phenoxy) is 1. The third-order valence-corrected chi connectivity index (χ3v) is 5.50. The standard InChI is InChI=1S/C25H49NO5/c1-5-6-7-8-11-14-17-22(27)18-15-12-9-10-13-16-19-25(30)31-23(20-24(28)29)21-26(2,3)4/h22-23,27H,5-21H2,1-4H3. The van der Waals surface area contributed by atoms with E-state index in [-0.39, 0.29) is 18.5 Å². The van der Waals surface area contributed by atoms with Crippen LogP contribution in [0.3, 0.4) is 0 Å². The summed E-state index contributed by atoms with van der Waals surface area (Å²) in [6, 6.07) is 0. The molecular formula is C25H49NO5. The number of carboxylic acid groups (broad SMARTS) is 1. The highest BCUT2D eigenvalue weighted by atomic mass is 16.5. The molecule has 2 atom stereocenters. The van der Waals surface area contributed by atoms with Gasteiger partial charge in [-0.05, 0) is 19.3 Å². The molecule has 31 heavy (non-hydrogen) atoms. The number of unbranched alkanes of at least 4 members (excludes halogenated alkanes) is 10. The zero-order chi connectivity index (χ0) is 23.5. The number of carbonyl (C=O) groups is 2. The van der Waals surface area contributed by atoms with Crippen molar-refractivity contribution in [2.75, 3.05) is 27.7 Å². The van der Waals surface area contributed by atoms with Crippen molar-refractivity contribution in [3.8, 4) is 0 Å². The number of likely N-dealkylation sites (N-methyl/N-ethyl adjacent to an activating group) is 1. The van der Waals surface area contributed by atoms with Crippen LogP contribution in [0, 0.1) is 0 Å². The first-order valence-corrected chi connectivity index (χ1v) is 12.5. The van der Waals surface area contributed by atoms with E-state index >= 15 is 0 Å². The maximum atomic E-state index is 12.0. The molecule has 2 unspecified atom stereocenters. The van der Waals surface area contributed by atoms with Crippen LogP contribution >= 0.6 is 0 Å². The quantitative estimate of drug-likeness (QED) is 0.165. The van der Waals surface area contributed by atoms with E-state index in [1.807, 2.05) is 21.1 Å². The average Bonchev–Trinajstić information content (AvgIpc) is 2.64. The predicted molar refractivity (Wildman–Crippen MR) is 123 cm³/mol. The Labute approximate surface area is 190 Å². The van der Waals surface area contributed by atoms with Gasteiger partial charge in [-0.15, -0.1) is 0 Å². The van der Waals surface area contributed by atoms with Crippen LogP contribution in [0.4, 0.5) is 0 Å². The molecule has 0 heterocycles. The predicted octanol–water partition coefficient (Wildman–Crippen LogP) is 3.98. The number of hydrogen-bond donors (Lipinski definition) is 1. The molecule has 0 amide bonds. The number of carboxylic acids is 1. The Kier molecular flexibility index (Phi) is 17.8. The normalized spacial score (nSPS) is 13.7. The van der Waals surface area contributed by atoms with Crippen LogP contribution in [0.25, 0.3) is 0 Å². The molecule has 0 aromatic heterocycles. The SMILES string of the molecule is CCCCCCCCC(O)CCCCCCCCC(=O)OC(CC(=O)[O-])C[N+](C)(C)C. The fourth-order valence-corrected chi connectivity index (χ4v) is 3.85. The maximum absolute atomic E-state index is 12.0. The lowest BCUT2D eigenvalue weighted by atomic mass is 10.0. The third-order valence-electron chi connectivity index (χ3n) is 5.50. The minimum atomic E-state index is -1.19. The minimum absolute atomic E-state index is 0.151. The number of quaternary nitrogens is 1. The Morgan fingerprint density at radius 3 is 1.81 bits per heavy atom. The van der Waals surface area contributed by atoms with Gasteiger partial charge >= 0.3 is 5.97 Å². The molecule has 0 saturated carbocycles. The molecule has 0 fully saturated rings. The van der Waals surface area contributed by atoms with Gasteiger partial charge in [0.2, 0.25) is 0 Å². The molecule has 0 bridgehead atoms. The van der Waals surface area contributed by atoms with Crippen LogP contribution in [0.5, 0.6) is 0 Å². The molecule has 184 valence electrons. The van der Waals surface area contributed by atoms with Gasteiger partial charge < -0.3 is 24.2 Å². The fourth-order valence-electron chi connectivity index (χ4n) is 3.85. The topological polar surface area (TPSA) is 86.7 Å². The molecule has 0 radical (unpaired) electrons. The Morgan fingerprint density at radius 2 is 1.32 bits per heavy atom. The van der Waals surface area contributed by atoms with Crippen molar-refractivity contribution < 1.29 is 29.0 Å². The lowest BCUT2D eigenvalue weighted by molar-refractivity contribution is -0.873. The molecule has 6 heteroatoms. The number of esters is 1. The molecule has 0 aliphatic heterocycles. The van der Waals surface area contributed by atoms with Gasteiger partial charge in [0.25, 0.3) is 0 Å². The molecule has 1 N–H and O–H groups in total. The zero-order valence-corrected chi connectivity index (χ0v) is 20.7. The highest BCUT2D eigenvalue weighted by Crippen LogP contribution is 2.15. The minimum Gasteiger partial charge on any atom is -0.550 e. The van der Waals surface area contributed by atoms with Crippen molar-refractivity contribution in [2.24, 2.45) is 0 Å². The number of aliphatic hydroxyl groups excluding tert-OH is 1. The van der Waals surface area contributed by atoms with Crippen molar-refractivity contribution in [1.82, 2.24) is 0 Å². The monoisotopic (exact) mass is 443 g/mol. The molecule has 0 rings (SSSR count). The van der Waals surface area contributed by atoms with E-state index in [2.05, 4.69) is 6.92 Å². The van der Waals surface area contributed by atoms with Crippen molar-refractivity contribution in [3.63, 3.8) is 0 Å². The lowest BCUT2D eigenvalue weighted by Crippen LogP contribution is -2.45. The van der Waals surface area contributed by atoms with Crippen LogP contribution in [0.1, 0.15) is 110 Å².